The van der Waals surface area contributed by atoms with Gasteiger partial charge in [0.1, 0.15) is 5.00 Å². The molecule has 2 heterocycles. The van der Waals surface area contributed by atoms with Crippen LogP contribution < -0.4 is 5.32 Å². The van der Waals surface area contributed by atoms with Crippen molar-refractivity contribution in [3.63, 3.8) is 0 Å². The van der Waals surface area contributed by atoms with E-state index in [1.165, 1.54) is 28.9 Å². The fourth-order valence-electron chi connectivity index (χ4n) is 2.89. The lowest BCUT2D eigenvalue weighted by Crippen LogP contribution is -2.15. The highest BCUT2D eigenvalue weighted by atomic mass is 32.1. The van der Waals surface area contributed by atoms with E-state index >= 15 is 0 Å². The summed E-state index contributed by atoms with van der Waals surface area (Å²) in [6.07, 6.45) is 7.37. The molecule has 0 spiro atoms. The van der Waals surface area contributed by atoms with Crippen LogP contribution in [0.3, 0.4) is 0 Å². The SMILES string of the molecule is CCCOC(=O)c1c(NC(=O)c2ccco2)sc2c1CCCCC2. The first-order valence-corrected chi connectivity index (χ1v) is 9.19. The molecule has 1 aliphatic carbocycles. The minimum atomic E-state index is -0.346. The Kier molecular flexibility index (Phi) is 5.35. The van der Waals surface area contributed by atoms with Crippen LogP contribution in [0, 0.1) is 0 Å². The third kappa shape index (κ3) is 3.53. The highest BCUT2D eigenvalue weighted by Gasteiger charge is 2.27. The van der Waals surface area contributed by atoms with Crippen LogP contribution in [-0.4, -0.2) is 18.5 Å². The molecule has 5 nitrogen and oxygen atoms in total. The standard InChI is InChI=1S/C18H21NO4S/c1-2-10-23-18(21)15-12-7-4-3-5-9-14(12)24-17(15)19-16(20)13-8-6-11-22-13/h6,8,11H,2-5,7,9-10H2,1H3,(H,19,20). The summed E-state index contributed by atoms with van der Waals surface area (Å²) in [5, 5.41) is 3.41. The molecule has 1 N–H and O–H groups in total. The molecule has 0 unspecified atom stereocenters. The minimum Gasteiger partial charge on any atom is -0.462 e. The third-order valence-corrected chi connectivity index (χ3v) is 5.24. The largest absolute Gasteiger partial charge is 0.462 e. The summed E-state index contributed by atoms with van der Waals surface area (Å²) in [5.41, 5.74) is 1.58. The third-order valence-electron chi connectivity index (χ3n) is 4.03. The molecule has 0 bridgehead atoms. The number of carbonyl (C=O) groups is 2. The number of amides is 1. The number of thiophene rings is 1. The monoisotopic (exact) mass is 347 g/mol. The van der Waals surface area contributed by atoms with E-state index in [9.17, 15) is 9.59 Å². The number of carbonyl (C=O) groups excluding carboxylic acids is 2. The molecule has 1 amide bonds. The fourth-order valence-corrected chi connectivity index (χ4v) is 4.16. The number of esters is 1. The number of rotatable bonds is 5. The molecule has 0 saturated carbocycles. The lowest BCUT2D eigenvalue weighted by Gasteiger charge is -2.08. The Labute approximate surface area is 145 Å². The van der Waals surface area contributed by atoms with Gasteiger partial charge < -0.3 is 14.5 Å². The van der Waals surface area contributed by atoms with Crippen molar-refractivity contribution in [1.29, 1.82) is 0 Å². The van der Waals surface area contributed by atoms with Gasteiger partial charge in [-0.15, -0.1) is 11.3 Å². The Morgan fingerprint density at radius 3 is 2.88 bits per heavy atom. The number of aryl methyl sites for hydroxylation is 1. The predicted octanol–water partition coefficient (Wildman–Crippen LogP) is 4.43. The Hall–Kier alpha value is -2.08. The first kappa shape index (κ1) is 16.8. The van der Waals surface area contributed by atoms with Gasteiger partial charge in [-0.2, -0.15) is 0 Å². The van der Waals surface area contributed by atoms with Crippen molar-refractivity contribution in [2.75, 3.05) is 11.9 Å². The lowest BCUT2D eigenvalue weighted by atomic mass is 10.1. The van der Waals surface area contributed by atoms with Gasteiger partial charge in [-0.05, 0) is 49.8 Å². The quantitative estimate of drug-likeness (QED) is 0.642. The first-order valence-electron chi connectivity index (χ1n) is 8.37. The second-order valence-corrected chi connectivity index (χ2v) is 6.94. The van der Waals surface area contributed by atoms with Crippen LogP contribution in [-0.2, 0) is 17.6 Å². The van der Waals surface area contributed by atoms with Crippen LogP contribution >= 0.6 is 11.3 Å². The highest BCUT2D eigenvalue weighted by molar-refractivity contribution is 7.17. The summed E-state index contributed by atoms with van der Waals surface area (Å²) in [7, 11) is 0. The average molecular weight is 347 g/mol. The molecule has 24 heavy (non-hydrogen) atoms. The molecule has 2 aromatic rings. The number of fused-ring (bicyclic) bond motifs is 1. The molecule has 0 radical (unpaired) electrons. The molecule has 1 aliphatic rings. The van der Waals surface area contributed by atoms with Gasteiger partial charge in [-0.1, -0.05) is 13.3 Å². The van der Waals surface area contributed by atoms with Crippen molar-refractivity contribution in [2.45, 2.75) is 45.4 Å². The van der Waals surface area contributed by atoms with Gasteiger partial charge in [-0.25, -0.2) is 4.79 Å². The molecule has 0 aromatic carbocycles. The van der Waals surface area contributed by atoms with E-state index in [2.05, 4.69) is 5.32 Å². The average Bonchev–Trinajstić information content (AvgIpc) is 3.16. The molecular weight excluding hydrogens is 326 g/mol. The highest BCUT2D eigenvalue weighted by Crippen LogP contribution is 2.38. The van der Waals surface area contributed by atoms with Gasteiger partial charge in [-0.3, -0.25) is 4.79 Å². The molecule has 0 saturated heterocycles. The maximum Gasteiger partial charge on any atom is 0.341 e. The molecule has 6 heteroatoms. The molecule has 0 fully saturated rings. The summed E-state index contributed by atoms with van der Waals surface area (Å²) in [6, 6.07) is 3.26. The summed E-state index contributed by atoms with van der Waals surface area (Å²) < 4.78 is 10.5. The molecule has 2 aromatic heterocycles. The number of ether oxygens (including phenoxy) is 1. The van der Waals surface area contributed by atoms with Crippen LogP contribution in [0.25, 0.3) is 0 Å². The summed E-state index contributed by atoms with van der Waals surface area (Å²) in [6.45, 7) is 2.34. The number of nitrogens with one attached hydrogen (secondary N) is 1. The van der Waals surface area contributed by atoms with Gasteiger partial charge in [0.25, 0.3) is 5.91 Å². The molecule has 0 atom stereocenters. The van der Waals surface area contributed by atoms with Crippen LogP contribution in [0.15, 0.2) is 22.8 Å². The van der Waals surface area contributed by atoms with E-state index in [4.69, 9.17) is 9.15 Å². The van der Waals surface area contributed by atoms with E-state index in [-0.39, 0.29) is 17.6 Å². The summed E-state index contributed by atoms with van der Waals surface area (Å²) in [4.78, 5) is 26.0. The Morgan fingerprint density at radius 2 is 2.12 bits per heavy atom. The molecule has 128 valence electrons. The smallest absolute Gasteiger partial charge is 0.341 e. The number of hydrogen-bond acceptors (Lipinski definition) is 5. The maximum absolute atomic E-state index is 12.5. The van der Waals surface area contributed by atoms with E-state index in [1.54, 1.807) is 12.1 Å². The second kappa shape index (κ2) is 7.66. The van der Waals surface area contributed by atoms with Gasteiger partial charge in [0.2, 0.25) is 0 Å². The molecule has 0 aliphatic heterocycles. The predicted molar refractivity (Wildman–Crippen MR) is 92.8 cm³/mol. The van der Waals surface area contributed by atoms with Gasteiger partial charge in [0.15, 0.2) is 5.76 Å². The molecular formula is C18H21NO4S. The Morgan fingerprint density at radius 1 is 1.29 bits per heavy atom. The number of anilines is 1. The topological polar surface area (TPSA) is 68.5 Å². The maximum atomic E-state index is 12.5. The van der Waals surface area contributed by atoms with Crippen molar-refractivity contribution in [3.05, 3.63) is 40.2 Å². The zero-order chi connectivity index (χ0) is 16.9. The lowest BCUT2D eigenvalue weighted by molar-refractivity contribution is 0.0505. The minimum absolute atomic E-state index is 0.228. The van der Waals surface area contributed by atoms with Crippen molar-refractivity contribution < 1.29 is 18.7 Å². The first-order chi connectivity index (χ1) is 11.7. The van der Waals surface area contributed by atoms with E-state index in [1.807, 2.05) is 6.92 Å². The van der Waals surface area contributed by atoms with Crippen LogP contribution in [0.5, 0.6) is 0 Å². The molecule has 3 rings (SSSR count). The van der Waals surface area contributed by atoms with Gasteiger partial charge in [0.05, 0.1) is 18.4 Å². The Balaban J connectivity index is 1.92. The zero-order valence-electron chi connectivity index (χ0n) is 13.7. The van der Waals surface area contributed by atoms with Crippen LogP contribution in [0.2, 0.25) is 0 Å². The normalized spacial score (nSPS) is 13.9. The van der Waals surface area contributed by atoms with Crippen molar-refractivity contribution >= 4 is 28.2 Å². The van der Waals surface area contributed by atoms with E-state index in [0.717, 1.165) is 37.7 Å². The van der Waals surface area contributed by atoms with Gasteiger partial charge >= 0.3 is 5.97 Å². The zero-order valence-corrected chi connectivity index (χ0v) is 14.5. The van der Waals surface area contributed by atoms with Crippen LogP contribution in [0.4, 0.5) is 5.00 Å². The van der Waals surface area contributed by atoms with Crippen molar-refractivity contribution in [3.8, 4) is 0 Å². The summed E-state index contributed by atoms with van der Waals surface area (Å²) >= 11 is 1.49. The van der Waals surface area contributed by atoms with Gasteiger partial charge in [0, 0.05) is 4.88 Å². The Bertz CT molecular complexity index is 718. The van der Waals surface area contributed by atoms with E-state index < -0.39 is 0 Å². The second-order valence-electron chi connectivity index (χ2n) is 5.84. The number of furan rings is 1. The number of hydrogen-bond donors (Lipinski definition) is 1. The van der Waals surface area contributed by atoms with Crippen molar-refractivity contribution in [1.82, 2.24) is 0 Å². The summed E-state index contributed by atoms with van der Waals surface area (Å²) in [5.74, 6) is -0.460. The van der Waals surface area contributed by atoms with E-state index in [0.29, 0.717) is 17.2 Å². The van der Waals surface area contributed by atoms with Crippen LogP contribution in [0.1, 0.15) is 64.0 Å². The fraction of sp³-hybridized carbons (Fsp3) is 0.444. The van der Waals surface area contributed by atoms with Crippen molar-refractivity contribution in [2.24, 2.45) is 0 Å².